The van der Waals surface area contributed by atoms with Gasteiger partial charge in [-0.05, 0) is 5.92 Å². The molecule has 138 valence electrons. The monoisotopic (exact) mass is 560 g/mol. The van der Waals surface area contributed by atoms with Gasteiger partial charge in [-0.2, -0.15) is 0 Å². The van der Waals surface area contributed by atoms with Crippen LogP contribution in [0.3, 0.4) is 0 Å². The van der Waals surface area contributed by atoms with Gasteiger partial charge >= 0.3 is 34.0 Å². The van der Waals surface area contributed by atoms with Crippen molar-refractivity contribution in [3.8, 4) is 0 Å². The molecule has 22 heavy (non-hydrogen) atoms. The Morgan fingerprint density at radius 2 is 1.18 bits per heavy atom. The Morgan fingerprint density at radius 1 is 0.909 bits per heavy atom. The van der Waals surface area contributed by atoms with Crippen LogP contribution in [0.5, 0.6) is 0 Å². The summed E-state index contributed by atoms with van der Waals surface area (Å²) in [6.45, 7) is 6.91. The third-order valence-corrected chi connectivity index (χ3v) is 2.39. The number of rotatable bonds is 8. The predicted octanol–water partition coefficient (Wildman–Crippen LogP) is 2.71. The fourth-order valence-electron chi connectivity index (χ4n) is 1.51. The van der Waals surface area contributed by atoms with Crippen molar-refractivity contribution in [3.05, 3.63) is 0 Å². The zero-order valence-electron chi connectivity index (χ0n) is 13.7. The van der Waals surface area contributed by atoms with E-state index in [1.807, 2.05) is 0 Å². The second kappa shape index (κ2) is 21.9. The fourth-order valence-corrected chi connectivity index (χ4v) is 1.51. The van der Waals surface area contributed by atoms with E-state index in [1.54, 1.807) is 0 Å². The number of unbranched alkanes of at least 4 members (excludes halogenated alkanes) is 6. The Bertz CT molecular complexity index is 302. The standard InChI is InChI=1S/C12H26.Bi.H3O4P.HO3S.2H/c1-4-5-6-7-8-9-10-11-12(2)3;;1-5(2,3)4;1-4(2)3;;/h12H,4-11H2,1-3H3;;(H3,1,2,3,4);(H,1,2,3);;/q;+1;;-1;;. The molecule has 0 aliphatic carbocycles. The summed E-state index contributed by atoms with van der Waals surface area (Å²) in [6, 6.07) is 0. The molecule has 0 rings (SSSR count). The van der Waals surface area contributed by atoms with Gasteiger partial charge in [-0.1, -0.05) is 72.1 Å². The third-order valence-electron chi connectivity index (χ3n) is 2.39. The number of phosphoric acid groups is 1. The van der Waals surface area contributed by atoms with Gasteiger partial charge in [0.15, 0.2) is 0 Å². The van der Waals surface area contributed by atoms with Gasteiger partial charge < -0.3 is 27.7 Å². The molecule has 10 heteroatoms. The maximum absolute atomic E-state index is 8.88. The predicted molar refractivity (Wildman–Crippen MR) is 91.6 cm³/mol. The first-order valence-electron chi connectivity index (χ1n) is 7.07. The second-order valence-electron chi connectivity index (χ2n) is 5.03. The normalized spacial score (nSPS) is 10.2. The van der Waals surface area contributed by atoms with Crippen molar-refractivity contribution in [1.29, 1.82) is 0 Å². The first-order valence-corrected chi connectivity index (χ1v) is 9.67. The average Bonchev–Trinajstić information content (AvgIpc) is 2.24. The molecule has 4 N–H and O–H groups in total. The van der Waals surface area contributed by atoms with Gasteiger partial charge in [-0.25, -0.2) is 4.57 Å². The van der Waals surface area contributed by atoms with Crippen molar-refractivity contribution in [2.24, 2.45) is 5.92 Å². The molecule has 0 aromatic carbocycles. The summed E-state index contributed by atoms with van der Waals surface area (Å²) >= 11 is 0. The molecule has 0 amide bonds. The SMILES string of the molecule is CCCCCCCCCC(C)C.O=P(O)(O)O.O=[S-](=O)O.[BiH2+]. The van der Waals surface area contributed by atoms with Gasteiger partial charge in [0.1, 0.15) is 0 Å². The van der Waals surface area contributed by atoms with E-state index >= 15 is 0 Å². The minimum absolute atomic E-state index is 0. The summed E-state index contributed by atoms with van der Waals surface area (Å²) < 4.78 is 33.0. The molecule has 2 radical (unpaired) electrons. The van der Waals surface area contributed by atoms with E-state index in [0.717, 1.165) is 5.92 Å². The van der Waals surface area contributed by atoms with Crippen LogP contribution in [-0.4, -0.2) is 45.4 Å². The van der Waals surface area contributed by atoms with Crippen LogP contribution in [0, 0.1) is 5.92 Å². The van der Waals surface area contributed by atoms with Crippen LogP contribution in [0.2, 0.25) is 0 Å². The van der Waals surface area contributed by atoms with Crippen molar-refractivity contribution in [2.75, 3.05) is 0 Å². The van der Waals surface area contributed by atoms with Crippen LogP contribution in [0.25, 0.3) is 0 Å². The molecule has 0 saturated carbocycles. The van der Waals surface area contributed by atoms with Crippen LogP contribution < -0.4 is 0 Å². The average molecular weight is 560 g/mol. The van der Waals surface area contributed by atoms with Crippen LogP contribution in [-0.2, 0) is 24.0 Å². The molecule has 0 aromatic rings. The summed E-state index contributed by atoms with van der Waals surface area (Å²) in [5, 5.41) is 0. The Kier molecular flexibility index (Phi) is 30.6. The molecule has 0 bridgehead atoms. The molecule has 0 fully saturated rings. The molecule has 0 saturated heterocycles. The topological polar surface area (TPSA) is 132 Å². The van der Waals surface area contributed by atoms with Gasteiger partial charge in [0.05, 0.1) is 0 Å². The molecular formula is C12H32BiO7PS. The van der Waals surface area contributed by atoms with Crippen molar-refractivity contribution in [3.63, 3.8) is 0 Å². The van der Waals surface area contributed by atoms with Crippen molar-refractivity contribution >= 4 is 45.0 Å². The van der Waals surface area contributed by atoms with E-state index < -0.39 is 18.8 Å². The molecule has 0 atom stereocenters. The van der Waals surface area contributed by atoms with Crippen LogP contribution in [0.1, 0.15) is 72.1 Å². The van der Waals surface area contributed by atoms with E-state index in [4.69, 9.17) is 32.2 Å². The van der Waals surface area contributed by atoms with Crippen molar-refractivity contribution in [1.82, 2.24) is 0 Å². The summed E-state index contributed by atoms with van der Waals surface area (Å²) in [7, 11) is -7.50. The van der Waals surface area contributed by atoms with E-state index in [0.29, 0.717) is 0 Å². The van der Waals surface area contributed by atoms with E-state index in [1.165, 1.54) is 51.4 Å². The van der Waals surface area contributed by atoms with Gasteiger partial charge in [0.25, 0.3) is 0 Å². The summed E-state index contributed by atoms with van der Waals surface area (Å²) in [6.07, 6.45) is 11.5. The first kappa shape index (κ1) is 30.7. The zero-order valence-corrected chi connectivity index (χ0v) is 19.9. The quantitative estimate of drug-likeness (QED) is 0.0897. The molecule has 0 heterocycles. The molecule has 0 aliphatic rings. The van der Waals surface area contributed by atoms with Gasteiger partial charge in [0.2, 0.25) is 0 Å². The first-order chi connectivity index (χ1) is 9.50. The van der Waals surface area contributed by atoms with Crippen LogP contribution in [0.15, 0.2) is 0 Å². The summed E-state index contributed by atoms with van der Waals surface area (Å²) in [4.78, 5) is 21.6. The summed E-state index contributed by atoms with van der Waals surface area (Å²) in [5.74, 6) is 0.903. The van der Waals surface area contributed by atoms with Gasteiger partial charge in [-0.15, -0.1) is 0 Å². The van der Waals surface area contributed by atoms with Crippen molar-refractivity contribution < 1.29 is 32.2 Å². The fraction of sp³-hybridized carbons (Fsp3) is 1.00. The Labute approximate surface area is 155 Å². The maximum atomic E-state index is 8.88. The minimum atomic E-state index is -4.64. The number of hydrogen-bond donors (Lipinski definition) is 4. The van der Waals surface area contributed by atoms with E-state index in [2.05, 4.69) is 20.8 Å². The molecule has 0 aromatic heterocycles. The summed E-state index contributed by atoms with van der Waals surface area (Å²) in [5.41, 5.74) is 0. The Hall–Kier alpha value is 0.903. The molecule has 0 spiro atoms. The van der Waals surface area contributed by atoms with Gasteiger partial charge in [0, 0.05) is 11.0 Å². The van der Waals surface area contributed by atoms with Crippen molar-refractivity contribution in [2.45, 2.75) is 72.1 Å². The van der Waals surface area contributed by atoms with Crippen LogP contribution >= 0.6 is 7.82 Å². The van der Waals surface area contributed by atoms with Gasteiger partial charge in [-0.3, -0.25) is 0 Å². The Morgan fingerprint density at radius 3 is 1.45 bits per heavy atom. The third kappa shape index (κ3) is 84.4. The van der Waals surface area contributed by atoms with Crippen LogP contribution in [0.4, 0.5) is 0 Å². The number of hydrogen-bond acceptors (Lipinski definition) is 4. The molecule has 0 unspecified atom stereocenters. The van der Waals surface area contributed by atoms with E-state index in [9.17, 15) is 0 Å². The Balaban J connectivity index is -0.000000135. The zero-order chi connectivity index (χ0) is 17.3. The molecule has 7 nitrogen and oxygen atoms in total. The molecule has 0 aliphatic heterocycles. The molecular weight excluding hydrogens is 528 g/mol. The van der Waals surface area contributed by atoms with E-state index in [-0.39, 0.29) is 26.2 Å². The second-order valence-corrected chi connectivity index (χ2v) is 6.50.